The van der Waals surface area contributed by atoms with Crippen LogP contribution in [0.15, 0.2) is 0 Å². The summed E-state index contributed by atoms with van der Waals surface area (Å²) in [6, 6.07) is 0. The van der Waals surface area contributed by atoms with E-state index in [0.717, 1.165) is 12.8 Å². The molecule has 0 aromatic heterocycles. The third-order valence-electron chi connectivity index (χ3n) is 3.75. The number of hydrogen-bond donors (Lipinski definition) is 0. The van der Waals surface area contributed by atoms with Gasteiger partial charge in [0, 0.05) is 6.42 Å². The molecule has 0 aliphatic heterocycles. The highest BCUT2D eigenvalue weighted by molar-refractivity contribution is 5.69. The first-order valence-corrected chi connectivity index (χ1v) is 7.47. The molecule has 2 nitrogen and oxygen atoms in total. The minimum atomic E-state index is 0.0138. The van der Waals surface area contributed by atoms with Gasteiger partial charge in [0.2, 0.25) is 0 Å². The number of carbonyl (C=O) groups is 1. The summed E-state index contributed by atoms with van der Waals surface area (Å²) in [6.45, 7) is 4.26. The molecular weight excluding hydrogens is 212 g/mol. The van der Waals surface area contributed by atoms with E-state index < -0.39 is 0 Å². The average Bonchev–Trinajstić information content (AvgIpc) is 2.32. The van der Waals surface area contributed by atoms with Crippen LogP contribution in [0.4, 0.5) is 0 Å². The first-order valence-electron chi connectivity index (χ1n) is 7.47. The van der Waals surface area contributed by atoms with E-state index in [0.29, 0.717) is 12.3 Å². The number of ether oxygens (including phenoxy) is 1. The summed E-state index contributed by atoms with van der Waals surface area (Å²) in [5.41, 5.74) is 0. The maximum Gasteiger partial charge on any atom is 0.306 e. The van der Waals surface area contributed by atoms with Gasteiger partial charge in [-0.2, -0.15) is 0 Å². The first kappa shape index (κ1) is 14.5. The lowest BCUT2D eigenvalue weighted by Gasteiger charge is -2.31. The highest BCUT2D eigenvalue weighted by Crippen LogP contribution is 2.31. The Labute approximate surface area is 106 Å². The van der Waals surface area contributed by atoms with Crippen molar-refractivity contribution in [2.24, 2.45) is 5.92 Å². The van der Waals surface area contributed by atoms with E-state index in [9.17, 15) is 4.79 Å². The first-order chi connectivity index (χ1) is 8.27. The van der Waals surface area contributed by atoms with E-state index >= 15 is 0 Å². The minimum absolute atomic E-state index is 0.0138. The third kappa shape index (κ3) is 5.56. The number of esters is 1. The Kier molecular flexibility index (Phi) is 7.30. The Morgan fingerprint density at radius 2 is 1.88 bits per heavy atom. The zero-order valence-corrected chi connectivity index (χ0v) is 11.5. The van der Waals surface area contributed by atoms with Crippen molar-refractivity contribution in [3.63, 3.8) is 0 Å². The Balaban J connectivity index is 2.33. The van der Waals surface area contributed by atoms with Crippen LogP contribution < -0.4 is 0 Å². The Morgan fingerprint density at radius 3 is 2.59 bits per heavy atom. The molecule has 1 rings (SSSR count). The van der Waals surface area contributed by atoms with Crippen molar-refractivity contribution < 1.29 is 9.53 Å². The van der Waals surface area contributed by atoms with Gasteiger partial charge in [0.15, 0.2) is 0 Å². The topological polar surface area (TPSA) is 26.3 Å². The van der Waals surface area contributed by atoms with Gasteiger partial charge < -0.3 is 4.74 Å². The van der Waals surface area contributed by atoms with Crippen molar-refractivity contribution in [1.29, 1.82) is 0 Å². The summed E-state index contributed by atoms with van der Waals surface area (Å²) >= 11 is 0. The molecule has 0 heterocycles. The maximum atomic E-state index is 11.6. The van der Waals surface area contributed by atoms with Crippen LogP contribution in [-0.4, -0.2) is 12.1 Å². The van der Waals surface area contributed by atoms with Gasteiger partial charge in [-0.25, -0.2) is 0 Å². The molecule has 100 valence electrons. The second kappa shape index (κ2) is 8.54. The van der Waals surface area contributed by atoms with Crippen molar-refractivity contribution in [3.8, 4) is 0 Å². The van der Waals surface area contributed by atoms with Gasteiger partial charge in [-0.05, 0) is 38.0 Å². The molecule has 1 fully saturated rings. The maximum absolute atomic E-state index is 11.6. The summed E-state index contributed by atoms with van der Waals surface area (Å²) in [4.78, 5) is 11.6. The molecule has 1 aliphatic carbocycles. The van der Waals surface area contributed by atoms with Crippen LogP contribution in [0.25, 0.3) is 0 Å². The molecule has 0 N–H and O–H groups in total. The lowest BCUT2D eigenvalue weighted by Crippen LogP contribution is -2.30. The fourth-order valence-electron chi connectivity index (χ4n) is 2.75. The molecule has 0 spiro atoms. The normalized spacial score (nSPS) is 24.6. The number of carbonyl (C=O) groups excluding carboxylic acids is 1. The lowest BCUT2D eigenvalue weighted by atomic mass is 9.83. The number of hydrogen-bond acceptors (Lipinski definition) is 2. The smallest absolute Gasteiger partial charge is 0.306 e. The van der Waals surface area contributed by atoms with Crippen molar-refractivity contribution in [1.82, 2.24) is 0 Å². The van der Waals surface area contributed by atoms with E-state index in [1.165, 1.54) is 44.9 Å². The van der Waals surface area contributed by atoms with Crippen LogP contribution >= 0.6 is 0 Å². The van der Waals surface area contributed by atoms with Crippen LogP contribution in [0.1, 0.15) is 78.1 Å². The molecule has 1 saturated carbocycles. The van der Waals surface area contributed by atoms with Gasteiger partial charge in [-0.3, -0.25) is 4.79 Å². The molecule has 17 heavy (non-hydrogen) atoms. The Morgan fingerprint density at radius 1 is 1.12 bits per heavy atom. The average molecular weight is 240 g/mol. The molecule has 0 bridgehead atoms. The number of rotatable bonds is 7. The lowest BCUT2D eigenvalue weighted by molar-refractivity contribution is -0.153. The van der Waals surface area contributed by atoms with Crippen LogP contribution in [0.3, 0.4) is 0 Å². The van der Waals surface area contributed by atoms with E-state index in [1.54, 1.807) is 0 Å². The highest BCUT2D eigenvalue weighted by atomic mass is 16.5. The molecule has 0 radical (unpaired) electrons. The van der Waals surface area contributed by atoms with Gasteiger partial charge in [-0.1, -0.05) is 39.5 Å². The monoisotopic (exact) mass is 240 g/mol. The summed E-state index contributed by atoms with van der Waals surface area (Å²) in [7, 11) is 0. The largest absolute Gasteiger partial charge is 0.462 e. The second-order valence-electron chi connectivity index (χ2n) is 5.32. The molecule has 2 unspecified atom stereocenters. The van der Waals surface area contributed by atoms with Gasteiger partial charge in [0.25, 0.3) is 0 Å². The van der Waals surface area contributed by atoms with E-state index in [1.807, 2.05) is 6.92 Å². The third-order valence-corrected chi connectivity index (χ3v) is 3.75. The fraction of sp³-hybridized carbons (Fsp3) is 0.933. The Bertz CT molecular complexity index is 213. The zero-order valence-electron chi connectivity index (χ0n) is 11.5. The van der Waals surface area contributed by atoms with Gasteiger partial charge in [-0.15, -0.1) is 0 Å². The predicted molar refractivity (Wildman–Crippen MR) is 70.9 cm³/mol. The summed E-state index contributed by atoms with van der Waals surface area (Å²) < 4.78 is 5.64. The van der Waals surface area contributed by atoms with E-state index in [-0.39, 0.29) is 12.1 Å². The molecule has 2 heteroatoms. The van der Waals surface area contributed by atoms with Crippen LogP contribution in [0.5, 0.6) is 0 Å². The quantitative estimate of drug-likeness (QED) is 0.485. The van der Waals surface area contributed by atoms with Gasteiger partial charge in [0.05, 0.1) is 0 Å². The van der Waals surface area contributed by atoms with Crippen molar-refractivity contribution in [2.75, 3.05) is 0 Å². The van der Waals surface area contributed by atoms with E-state index in [4.69, 9.17) is 4.74 Å². The molecule has 0 aromatic carbocycles. The molecule has 0 aromatic rings. The zero-order chi connectivity index (χ0) is 12.5. The molecule has 0 saturated heterocycles. The Hall–Kier alpha value is -0.530. The van der Waals surface area contributed by atoms with Crippen molar-refractivity contribution in [3.05, 3.63) is 0 Å². The SMILES string of the molecule is CCCCCC1CCCCC1OC(=O)CCC. The molecular formula is C15H28O2. The minimum Gasteiger partial charge on any atom is -0.462 e. The van der Waals surface area contributed by atoms with Crippen molar-refractivity contribution >= 4 is 5.97 Å². The second-order valence-corrected chi connectivity index (χ2v) is 5.32. The van der Waals surface area contributed by atoms with Crippen molar-refractivity contribution in [2.45, 2.75) is 84.2 Å². The molecule has 1 aliphatic rings. The van der Waals surface area contributed by atoms with Gasteiger partial charge in [0.1, 0.15) is 6.10 Å². The fourth-order valence-corrected chi connectivity index (χ4v) is 2.75. The summed E-state index contributed by atoms with van der Waals surface area (Å²) in [5, 5.41) is 0. The van der Waals surface area contributed by atoms with Crippen LogP contribution in [-0.2, 0) is 9.53 Å². The standard InChI is InChI=1S/C15H28O2/c1-3-5-6-10-13-11-7-8-12-14(13)17-15(16)9-4-2/h13-14H,3-12H2,1-2H3. The highest BCUT2D eigenvalue weighted by Gasteiger charge is 2.27. The molecule has 0 amide bonds. The summed E-state index contributed by atoms with van der Waals surface area (Å²) in [5.74, 6) is 0.649. The van der Waals surface area contributed by atoms with Gasteiger partial charge >= 0.3 is 5.97 Å². The summed E-state index contributed by atoms with van der Waals surface area (Å²) in [6.07, 6.45) is 11.7. The van der Waals surface area contributed by atoms with Crippen LogP contribution in [0.2, 0.25) is 0 Å². The number of unbranched alkanes of at least 4 members (excludes halogenated alkanes) is 2. The molecule has 2 atom stereocenters. The van der Waals surface area contributed by atoms with Crippen LogP contribution in [0, 0.1) is 5.92 Å². The van der Waals surface area contributed by atoms with E-state index in [2.05, 4.69) is 6.92 Å². The predicted octanol–water partition coefficient (Wildman–Crippen LogP) is 4.47.